The molecule has 76 valence electrons. The van der Waals surface area contributed by atoms with E-state index in [0.717, 1.165) is 24.8 Å². The van der Waals surface area contributed by atoms with Gasteiger partial charge in [0, 0.05) is 5.41 Å². The van der Waals surface area contributed by atoms with Crippen LogP contribution in [0.25, 0.3) is 0 Å². The molecule has 1 N–H and O–H groups in total. The summed E-state index contributed by atoms with van der Waals surface area (Å²) in [5.74, 6) is -0.262. The quantitative estimate of drug-likeness (QED) is 0.730. The lowest BCUT2D eigenvalue weighted by Gasteiger charge is -2.39. The highest BCUT2D eigenvalue weighted by molar-refractivity contribution is 5.69. The summed E-state index contributed by atoms with van der Waals surface area (Å²) in [6, 6.07) is 0. The van der Waals surface area contributed by atoms with Gasteiger partial charge in [-0.1, -0.05) is 31.6 Å². The van der Waals surface area contributed by atoms with Crippen molar-refractivity contribution in [2.45, 2.75) is 32.1 Å². The predicted octanol–water partition coefficient (Wildman–Crippen LogP) is 2.76. The lowest BCUT2D eigenvalue weighted by atomic mass is 9.64. The molecular formula is C12H16O2. The van der Waals surface area contributed by atoms with Gasteiger partial charge in [-0.15, -0.1) is 0 Å². The van der Waals surface area contributed by atoms with Gasteiger partial charge < -0.3 is 5.11 Å². The van der Waals surface area contributed by atoms with Crippen LogP contribution in [-0.2, 0) is 4.79 Å². The molecule has 0 aromatic rings. The fourth-order valence-corrected chi connectivity index (χ4v) is 2.95. The molecule has 2 aliphatic rings. The van der Waals surface area contributed by atoms with Crippen LogP contribution in [0.4, 0.5) is 0 Å². The Balaban J connectivity index is 2.26. The summed E-state index contributed by atoms with van der Waals surface area (Å²) in [6.07, 6.45) is 8.93. The molecule has 2 unspecified atom stereocenters. The molecule has 1 fully saturated rings. The molecule has 2 aliphatic carbocycles. The minimum Gasteiger partial charge on any atom is -0.481 e. The zero-order valence-electron chi connectivity index (χ0n) is 8.33. The minimum atomic E-state index is -0.693. The highest BCUT2D eigenvalue weighted by Crippen LogP contribution is 2.53. The van der Waals surface area contributed by atoms with Gasteiger partial charge in [0.25, 0.3) is 0 Å². The molecule has 2 heteroatoms. The molecule has 0 bridgehead atoms. The van der Waals surface area contributed by atoms with Gasteiger partial charge >= 0.3 is 5.97 Å². The van der Waals surface area contributed by atoms with Crippen LogP contribution in [0.1, 0.15) is 32.1 Å². The van der Waals surface area contributed by atoms with Crippen molar-refractivity contribution >= 4 is 5.97 Å². The average Bonchev–Trinajstić information content (AvgIpc) is 2.44. The molecular weight excluding hydrogens is 176 g/mol. The van der Waals surface area contributed by atoms with Crippen LogP contribution in [0.2, 0.25) is 0 Å². The van der Waals surface area contributed by atoms with E-state index >= 15 is 0 Å². The second-order valence-electron chi connectivity index (χ2n) is 4.46. The van der Waals surface area contributed by atoms with Crippen LogP contribution in [0.5, 0.6) is 0 Å². The maximum Gasteiger partial charge on any atom is 0.304 e. The Bertz CT molecular complexity index is 303. The Labute approximate surface area is 84.3 Å². The summed E-state index contributed by atoms with van der Waals surface area (Å²) >= 11 is 0. The molecule has 0 amide bonds. The van der Waals surface area contributed by atoms with Gasteiger partial charge in [-0.2, -0.15) is 0 Å². The van der Waals surface area contributed by atoms with Crippen molar-refractivity contribution in [1.82, 2.24) is 0 Å². The summed E-state index contributed by atoms with van der Waals surface area (Å²) in [7, 11) is 0. The number of carboxylic acids is 1. The van der Waals surface area contributed by atoms with Crippen molar-refractivity contribution in [2.24, 2.45) is 11.3 Å². The number of carboxylic acid groups (broad SMARTS) is 1. The van der Waals surface area contributed by atoms with Crippen molar-refractivity contribution in [3.63, 3.8) is 0 Å². The van der Waals surface area contributed by atoms with E-state index in [0.29, 0.717) is 5.92 Å². The molecule has 1 saturated carbocycles. The maximum atomic E-state index is 10.9. The van der Waals surface area contributed by atoms with E-state index in [1.165, 1.54) is 6.42 Å². The number of rotatable bonds is 2. The minimum absolute atomic E-state index is 0.135. The summed E-state index contributed by atoms with van der Waals surface area (Å²) < 4.78 is 0. The molecule has 0 aromatic carbocycles. The monoisotopic (exact) mass is 192 g/mol. The third-order valence-electron chi connectivity index (χ3n) is 3.73. The Kier molecular flexibility index (Phi) is 2.22. The normalized spacial score (nSPS) is 35.7. The first-order valence-electron chi connectivity index (χ1n) is 5.24. The lowest BCUT2D eigenvalue weighted by molar-refractivity contribution is -0.140. The fraction of sp³-hybridized carbons (Fsp3) is 0.583. The summed E-state index contributed by atoms with van der Waals surface area (Å²) in [4.78, 5) is 10.9. The first-order chi connectivity index (χ1) is 6.65. The zero-order chi connectivity index (χ0) is 10.2. The highest BCUT2D eigenvalue weighted by Gasteiger charge is 2.45. The van der Waals surface area contributed by atoms with Crippen LogP contribution in [0.3, 0.4) is 0 Å². The van der Waals surface area contributed by atoms with E-state index < -0.39 is 5.97 Å². The van der Waals surface area contributed by atoms with Crippen LogP contribution < -0.4 is 0 Å². The third kappa shape index (κ3) is 1.29. The molecule has 2 atom stereocenters. The van der Waals surface area contributed by atoms with Crippen LogP contribution in [-0.4, -0.2) is 11.1 Å². The number of fused-ring (bicyclic) bond motifs is 1. The van der Waals surface area contributed by atoms with Gasteiger partial charge in [-0.25, -0.2) is 0 Å². The van der Waals surface area contributed by atoms with Gasteiger partial charge in [0.15, 0.2) is 0 Å². The van der Waals surface area contributed by atoms with E-state index in [2.05, 4.69) is 12.7 Å². The zero-order valence-corrected chi connectivity index (χ0v) is 8.33. The number of hydrogen-bond acceptors (Lipinski definition) is 1. The number of allylic oxidation sites excluding steroid dienone is 3. The van der Waals surface area contributed by atoms with Crippen molar-refractivity contribution in [1.29, 1.82) is 0 Å². The number of aliphatic carboxylic acids is 1. The van der Waals surface area contributed by atoms with Crippen molar-refractivity contribution in [3.05, 3.63) is 24.3 Å². The van der Waals surface area contributed by atoms with Gasteiger partial charge in [0.1, 0.15) is 0 Å². The van der Waals surface area contributed by atoms with Gasteiger partial charge in [0.05, 0.1) is 6.42 Å². The second-order valence-corrected chi connectivity index (χ2v) is 4.46. The van der Waals surface area contributed by atoms with Gasteiger partial charge in [0.2, 0.25) is 0 Å². The Morgan fingerprint density at radius 3 is 3.14 bits per heavy atom. The van der Waals surface area contributed by atoms with Crippen LogP contribution in [0, 0.1) is 11.3 Å². The lowest BCUT2D eigenvalue weighted by Crippen LogP contribution is -2.33. The first-order valence-corrected chi connectivity index (χ1v) is 5.24. The van der Waals surface area contributed by atoms with Crippen LogP contribution in [0.15, 0.2) is 24.3 Å². The van der Waals surface area contributed by atoms with E-state index in [1.807, 2.05) is 6.08 Å². The first kappa shape index (κ1) is 9.50. The third-order valence-corrected chi connectivity index (χ3v) is 3.73. The summed E-state index contributed by atoms with van der Waals surface area (Å²) in [5.41, 5.74) is 0.897. The fourth-order valence-electron chi connectivity index (χ4n) is 2.95. The molecule has 0 heterocycles. The van der Waals surface area contributed by atoms with Crippen molar-refractivity contribution in [2.75, 3.05) is 0 Å². The Morgan fingerprint density at radius 1 is 1.64 bits per heavy atom. The van der Waals surface area contributed by atoms with E-state index in [4.69, 9.17) is 5.11 Å². The SMILES string of the molecule is C=C1C=CC2CCCCC12CC(=O)O. The van der Waals surface area contributed by atoms with E-state index in [1.54, 1.807) is 0 Å². The van der Waals surface area contributed by atoms with Crippen molar-refractivity contribution in [3.8, 4) is 0 Å². The standard InChI is InChI=1S/C12H16O2/c1-9-5-6-10-4-2-3-7-12(9,10)8-11(13)14/h5-6,10H,1-4,7-8H2,(H,13,14). The van der Waals surface area contributed by atoms with Crippen LogP contribution >= 0.6 is 0 Å². The van der Waals surface area contributed by atoms with Crippen molar-refractivity contribution < 1.29 is 9.90 Å². The summed E-state index contributed by atoms with van der Waals surface area (Å²) in [6.45, 7) is 4.01. The molecule has 0 saturated heterocycles. The van der Waals surface area contributed by atoms with Gasteiger partial charge in [-0.3, -0.25) is 4.79 Å². The number of carbonyl (C=O) groups is 1. The van der Waals surface area contributed by atoms with Gasteiger partial charge in [-0.05, 0) is 24.3 Å². The Hall–Kier alpha value is -1.05. The molecule has 0 spiro atoms. The molecule has 2 rings (SSSR count). The topological polar surface area (TPSA) is 37.3 Å². The molecule has 0 aromatic heterocycles. The number of hydrogen-bond donors (Lipinski definition) is 1. The molecule has 14 heavy (non-hydrogen) atoms. The Morgan fingerprint density at radius 2 is 2.43 bits per heavy atom. The van der Waals surface area contributed by atoms with E-state index in [9.17, 15) is 4.79 Å². The predicted molar refractivity (Wildman–Crippen MR) is 54.9 cm³/mol. The average molecular weight is 192 g/mol. The molecule has 2 nitrogen and oxygen atoms in total. The second kappa shape index (κ2) is 3.26. The largest absolute Gasteiger partial charge is 0.481 e. The smallest absolute Gasteiger partial charge is 0.304 e. The highest BCUT2D eigenvalue weighted by atomic mass is 16.4. The molecule has 0 radical (unpaired) electrons. The maximum absolute atomic E-state index is 10.9. The van der Waals surface area contributed by atoms with E-state index in [-0.39, 0.29) is 11.8 Å². The molecule has 0 aliphatic heterocycles. The summed E-state index contributed by atoms with van der Waals surface area (Å²) in [5, 5.41) is 8.96.